The van der Waals surface area contributed by atoms with Gasteiger partial charge in [0.05, 0.1) is 0 Å². The minimum atomic E-state index is -0.635. The maximum atomic E-state index is 11.7. The fourth-order valence-electron chi connectivity index (χ4n) is 3.02. The van der Waals surface area contributed by atoms with Gasteiger partial charge in [0.15, 0.2) is 12.2 Å². The first-order valence-electron chi connectivity index (χ1n) is 7.61. The van der Waals surface area contributed by atoms with Gasteiger partial charge in [0, 0.05) is 17.0 Å². The number of hydrogen-bond donors (Lipinski definition) is 1. The molecule has 3 heterocycles. The summed E-state index contributed by atoms with van der Waals surface area (Å²) in [5.74, 6) is 0. The van der Waals surface area contributed by atoms with Crippen LogP contribution in [-0.4, -0.2) is 17.4 Å². The Morgan fingerprint density at radius 2 is 2.04 bits per heavy atom. The van der Waals surface area contributed by atoms with E-state index in [1.165, 1.54) is 0 Å². The number of carbonyl (C=O) groups is 1. The van der Waals surface area contributed by atoms with Crippen molar-refractivity contribution in [3.05, 3.63) is 51.7 Å². The van der Waals surface area contributed by atoms with E-state index >= 15 is 0 Å². The summed E-state index contributed by atoms with van der Waals surface area (Å²) in [6.07, 6.45) is -0.792. The molecule has 0 aliphatic carbocycles. The smallest absolute Gasteiger partial charge is 0.467 e. The van der Waals surface area contributed by atoms with E-state index in [1.807, 2.05) is 42.6 Å². The van der Waals surface area contributed by atoms with Crippen LogP contribution in [-0.2, 0) is 20.6 Å². The molecule has 124 valence electrons. The van der Waals surface area contributed by atoms with E-state index in [9.17, 15) is 4.79 Å². The summed E-state index contributed by atoms with van der Waals surface area (Å²) in [4.78, 5) is 12.7. The first-order valence-corrected chi connectivity index (χ1v) is 8.90. The maximum absolute atomic E-state index is 11.7. The summed E-state index contributed by atoms with van der Waals surface area (Å²) in [6, 6.07) is 9.78. The Morgan fingerprint density at radius 3 is 2.83 bits per heavy atom. The highest BCUT2D eigenvalue weighted by Crippen LogP contribution is 2.43. The molecule has 0 bridgehead atoms. The van der Waals surface area contributed by atoms with Gasteiger partial charge in [0.1, 0.15) is 6.10 Å². The third-order valence-corrected chi connectivity index (χ3v) is 5.19. The lowest BCUT2D eigenvalue weighted by molar-refractivity contribution is 0.116. The largest absolute Gasteiger partial charge is 0.509 e. The lowest BCUT2D eigenvalue weighted by atomic mass is 9.97. The molecule has 3 unspecified atom stereocenters. The maximum Gasteiger partial charge on any atom is 0.509 e. The first-order chi connectivity index (χ1) is 11.6. The van der Waals surface area contributed by atoms with Gasteiger partial charge in [-0.2, -0.15) is 0 Å². The number of nitrogens with one attached hydrogen (secondary N) is 1. The van der Waals surface area contributed by atoms with Crippen LogP contribution < -0.4 is 5.32 Å². The number of thiophene rings is 1. The lowest BCUT2D eigenvalue weighted by Gasteiger charge is -2.16. The van der Waals surface area contributed by atoms with Crippen molar-refractivity contribution in [1.29, 1.82) is 0 Å². The van der Waals surface area contributed by atoms with Crippen LogP contribution in [0.5, 0.6) is 0 Å². The monoisotopic (exact) mass is 361 g/mol. The molecule has 7 heteroatoms. The van der Waals surface area contributed by atoms with Crippen molar-refractivity contribution in [2.75, 3.05) is 5.32 Å². The van der Waals surface area contributed by atoms with E-state index in [0.717, 1.165) is 28.1 Å². The Balaban J connectivity index is 1.69. The predicted molar refractivity (Wildman–Crippen MR) is 94.3 cm³/mol. The molecule has 0 radical (unpaired) electrons. The molecule has 2 aliphatic heterocycles. The van der Waals surface area contributed by atoms with Gasteiger partial charge in [0.2, 0.25) is 0 Å². The number of cyclic esters (lactones) is 2. The van der Waals surface area contributed by atoms with Gasteiger partial charge in [-0.25, -0.2) is 4.79 Å². The van der Waals surface area contributed by atoms with Gasteiger partial charge in [-0.3, -0.25) is 0 Å². The van der Waals surface area contributed by atoms with Crippen molar-refractivity contribution in [3.8, 4) is 0 Å². The summed E-state index contributed by atoms with van der Waals surface area (Å²) in [5.41, 5.74) is 2.90. The molecule has 1 N–H and O–H groups in total. The van der Waals surface area contributed by atoms with Gasteiger partial charge in [-0.15, -0.1) is 11.3 Å². The Labute approximate surface area is 148 Å². The van der Waals surface area contributed by atoms with Crippen molar-refractivity contribution in [1.82, 2.24) is 0 Å². The molecule has 0 spiro atoms. The molecule has 4 rings (SSSR count). The number of rotatable bonds is 2. The summed E-state index contributed by atoms with van der Waals surface area (Å²) in [5, 5.41) is 5.42. The van der Waals surface area contributed by atoms with Crippen LogP contribution in [0.2, 0.25) is 0 Å². The standard InChI is InChI=1S/C17H15NO4S2/c1-9-7-11-8-10(4-5-12(11)18-16(23)20-9)14-15(22-17(19)21-14)13-3-2-6-24-13/h2-6,8-9,14-15H,7H2,1H3,(H,18,23). The highest BCUT2D eigenvalue weighted by atomic mass is 32.1. The minimum Gasteiger partial charge on any atom is -0.467 e. The van der Waals surface area contributed by atoms with Crippen LogP contribution in [0.15, 0.2) is 35.7 Å². The van der Waals surface area contributed by atoms with Crippen LogP contribution in [0.4, 0.5) is 10.5 Å². The molecule has 1 aromatic carbocycles. The molecule has 2 aliphatic rings. The molecule has 1 aromatic heterocycles. The average Bonchev–Trinajstić information content (AvgIpc) is 3.14. The van der Waals surface area contributed by atoms with Crippen LogP contribution in [0.1, 0.15) is 35.1 Å². The second-order valence-electron chi connectivity index (χ2n) is 5.80. The molecule has 24 heavy (non-hydrogen) atoms. The molecule has 0 saturated carbocycles. The molecule has 0 amide bonds. The van der Waals surface area contributed by atoms with Gasteiger partial charge >= 0.3 is 6.16 Å². The summed E-state index contributed by atoms with van der Waals surface area (Å²) >= 11 is 6.70. The number of benzene rings is 1. The van der Waals surface area contributed by atoms with E-state index in [-0.39, 0.29) is 6.10 Å². The third-order valence-electron chi connectivity index (χ3n) is 4.06. The molecule has 1 saturated heterocycles. The zero-order chi connectivity index (χ0) is 16.7. The van der Waals surface area contributed by atoms with Crippen LogP contribution >= 0.6 is 23.6 Å². The van der Waals surface area contributed by atoms with Gasteiger partial charge < -0.3 is 19.5 Å². The van der Waals surface area contributed by atoms with E-state index in [0.29, 0.717) is 5.17 Å². The van der Waals surface area contributed by atoms with Crippen LogP contribution in [0, 0.1) is 0 Å². The summed E-state index contributed by atoms with van der Waals surface area (Å²) in [6.45, 7) is 1.98. The molecular weight excluding hydrogens is 346 g/mol. The second-order valence-corrected chi connectivity index (χ2v) is 7.15. The third kappa shape index (κ3) is 2.85. The van der Waals surface area contributed by atoms with E-state index in [1.54, 1.807) is 11.3 Å². The quantitative estimate of drug-likeness (QED) is 0.634. The van der Waals surface area contributed by atoms with E-state index in [4.69, 9.17) is 26.4 Å². The number of fused-ring (bicyclic) bond motifs is 1. The van der Waals surface area contributed by atoms with Gasteiger partial charge in [-0.1, -0.05) is 12.1 Å². The highest BCUT2D eigenvalue weighted by Gasteiger charge is 2.40. The minimum absolute atomic E-state index is 0.0167. The molecular formula is C17H15NO4S2. The van der Waals surface area contributed by atoms with E-state index in [2.05, 4.69) is 5.32 Å². The number of thiocarbonyl (C=S) groups is 1. The topological polar surface area (TPSA) is 56.8 Å². The number of ether oxygens (including phenoxy) is 3. The van der Waals surface area contributed by atoms with Crippen LogP contribution in [0.25, 0.3) is 0 Å². The van der Waals surface area contributed by atoms with Gasteiger partial charge in [-0.05, 0) is 53.8 Å². The zero-order valence-corrected chi connectivity index (χ0v) is 14.5. The molecule has 1 fully saturated rings. The molecule has 5 nitrogen and oxygen atoms in total. The van der Waals surface area contributed by atoms with Crippen molar-refractivity contribution >= 4 is 40.6 Å². The SMILES string of the molecule is CC1Cc2cc(C3OC(=O)OC3c3cccs3)ccc2NC(=S)O1. The Morgan fingerprint density at radius 1 is 1.21 bits per heavy atom. The zero-order valence-electron chi connectivity index (χ0n) is 12.9. The highest BCUT2D eigenvalue weighted by molar-refractivity contribution is 7.80. The lowest BCUT2D eigenvalue weighted by Crippen LogP contribution is -2.16. The first kappa shape index (κ1) is 15.4. The average molecular weight is 361 g/mol. The normalized spacial score (nSPS) is 25.8. The van der Waals surface area contributed by atoms with E-state index < -0.39 is 18.4 Å². The van der Waals surface area contributed by atoms with Crippen LogP contribution in [0.3, 0.4) is 0 Å². The fourth-order valence-corrected chi connectivity index (χ4v) is 4.07. The van der Waals surface area contributed by atoms with Crippen molar-refractivity contribution in [3.63, 3.8) is 0 Å². The number of anilines is 1. The summed E-state index contributed by atoms with van der Waals surface area (Å²) in [7, 11) is 0. The Bertz CT molecular complexity index is 790. The number of hydrogen-bond acceptors (Lipinski definition) is 6. The predicted octanol–water partition coefficient (Wildman–Crippen LogP) is 4.36. The fraction of sp³-hybridized carbons (Fsp3) is 0.294. The molecule has 2 aromatic rings. The molecule has 3 atom stereocenters. The van der Waals surface area contributed by atoms with Gasteiger partial charge in [0.25, 0.3) is 5.17 Å². The number of carbonyl (C=O) groups excluding carboxylic acids is 1. The van der Waals surface area contributed by atoms with Crippen molar-refractivity contribution < 1.29 is 19.0 Å². The van der Waals surface area contributed by atoms with Crippen molar-refractivity contribution in [2.45, 2.75) is 31.7 Å². The summed E-state index contributed by atoms with van der Waals surface area (Å²) < 4.78 is 16.4. The second kappa shape index (κ2) is 6.07. The Hall–Kier alpha value is -2.12. The Kier molecular flexibility index (Phi) is 3.90. The van der Waals surface area contributed by atoms with Crippen molar-refractivity contribution in [2.24, 2.45) is 0 Å².